The first-order chi connectivity index (χ1) is 24.7. The molecular weight excluding hydrogens is 669 g/mol. The van der Waals surface area contributed by atoms with Crippen LogP contribution in [0.4, 0.5) is 0 Å². The molecule has 10 nitrogen and oxygen atoms in total. The average Bonchev–Trinajstić information content (AvgIpc) is 3.10. The number of esters is 1. The molecule has 3 atom stereocenters. The second-order valence-electron chi connectivity index (χ2n) is 13.0. The number of phosphoric acid groups is 1. The lowest BCUT2D eigenvalue weighted by molar-refractivity contribution is -0.154. The number of hydrogen-bond donors (Lipinski definition) is 3. The van der Waals surface area contributed by atoms with Crippen LogP contribution in [-0.4, -0.2) is 60.5 Å². The van der Waals surface area contributed by atoms with Crippen LogP contribution >= 0.6 is 7.82 Å². The third-order valence-electron chi connectivity index (χ3n) is 8.14. The highest BCUT2D eigenvalue weighted by atomic mass is 31.2. The molecule has 0 bridgehead atoms. The topological polar surface area (TPSA) is 155 Å². The molecule has 296 valence electrons. The van der Waals surface area contributed by atoms with E-state index in [0.29, 0.717) is 13.0 Å². The summed E-state index contributed by atoms with van der Waals surface area (Å²) in [6, 6.07) is -1.48. The van der Waals surface area contributed by atoms with Crippen molar-refractivity contribution in [3.8, 4) is 0 Å². The summed E-state index contributed by atoms with van der Waals surface area (Å²) in [7, 11) is -4.63. The Morgan fingerprint density at radius 1 is 0.647 bits per heavy atom. The van der Waals surface area contributed by atoms with Crippen LogP contribution in [0.5, 0.6) is 0 Å². The Kier molecular flexibility index (Phi) is 34.8. The number of carbonyl (C=O) groups excluding carboxylic acids is 1. The molecule has 0 fully saturated rings. The minimum atomic E-state index is -4.63. The van der Waals surface area contributed by atoms with E-state index in [9.17, 15) is 19.0 Å². The maximum absolute atomic E-state index is 12.5. The van der Waals surface area contributed by atoms with Crippen molar-refractivity contribution in [3.63, 3.8) is 0 Å². The lowest BCUT2D eigenvalue weighted by Gasteiger charge is -2.20. The number of phosphoric ester groups is 1. The molecule has 0 spiro atoms. The maximum Gasteiger partial charge on any atom is 0.472 e. The van der Waals surface area contributed by atoms with Crippen molar-refractivity contribution < 1.29 is 42.7 Å². The SMILES string of the molecule is CC/C=C\C/C=C\C/C=C\C/C=C\CCC(=O)OC(COCCCCCCCCCCCCCCCCCC)COP(=O)(O)OCC(N)C(=O)O. The summed E-state index contributed by atoms with van der Waals surface area (Å²) in [4.78, 5) is 33.4. The van der Waals surface area contributed by atoms with Gasteiger partial charge in [0.25, 0.3) is 0 Å². The van der Waals surface area contributed by atoms with E-state index in [-0.39, 0.29) is 13.0 Å². The fourth-order valence-electron chi connectivity index (χ4n) is 5.09. The monoisotopic (exact) mass is 741 g/mol. The number of carbonyl (C=O) groups is 2. The first kappa shape index (κ1) is 48.9. The fourth-order valence-corrected chi connectivity index (χ4v) is 5.87. The van der Waals surface area contributed by atoms with Crippen LogP contribution in [0.2, 0.25) is 0 Å². The Hall–Kier alpha value is -2.07. The smallest absolute Gasteiger partial charge is 0.472 e. The molecule has 0 radical (unpaired) electrons. The van der Waals surface area contributed by atoms with Gasteiger partial charge in [-0.05, 0) is 38.5 Å². The number of ether oxygens (including phenoxy) is 2. The van der Waals surface area contributed by atoms with Gasteiger partial charge in [-0.1, -0.05) is 159 Å². The van der Waals surface area contributed by atoms with Crippen molar-refractivity contribution in [1.29, 1.82) is 0 Å². The van der Waals surface area contributed by atoms with E-state index in [4.69, 9.17) is 24.8 Å². The number of rotatable bonds is 37. The third-order valence-corrected chi connectivity index (χ3v) is 9.09. The van der Waals surface area contributed by atoms with Crippen molar-refractivity contribution in [1.82, 2.24) is 0 Å². The highest BCUT2D eigenvalue weighted by Gasteiger charge is 2.27. The predicted octanol–water partition coefficient (Wildman–Crippen LogP) is 10.3. The lowest BCUT2D eigenvalue weighted by atomic mass is 10.0. The van der Waals surface area contributed by atoms with Crippen LogP contribution in [-0.2, 0) is 32.7 Å². The van der Waals surface area contributed by atoms with Gasteiger partial charge in [-0.25, -0.2) is 4.57 Å². The molecule has 0 aromatic carbocycles. The van der Waals surface area contributed by atoms with Crippen molar-refractivity contribution in [3.05, 3.63) is 48.6 Å². The van der Waals surface area contributed by atoms with Crippen LogP contribution in [0.1, 0.15) is 155 Å². The Balaban J connectivity index is 4.36. The Labute approximate surface area is 309 Å². The number of carboxylic acids is 1. The molecule has 0 aliphatic rings. The highest BCUT2D eigenvalue weighted by molar-refractivity contribution is 7.47. The minimum Gasteiger partial charge on any atom is -0.480 e. The summed E-state index contributed by atoms with van der Waals surface area (Å²) >= 11 is 0. The molecule has 0 rings (SSSR count). The molecule has 0 amide bonds. The van der Waals surface area contributed by atoms with Crippen LogP contribution in [0.3, 0.4) is 0 Å². The third kappa shape index (κ3) is 36.1. The number of aliphatic carboxylic acids is 1. The Morgan fingerprint density at radius 2 is 1.10 bits per heavy atom. The van der Waals surface area contributed by atoms with Gasteiger partial charge in [0.05, 0.1) is 19.8 Å². The van der Waals surface area contributed by atoms with Gasteiger partial charge in [0.2, 0.25) is 0 Å². The molecule has 0 heterocycles. The maximum atomic E-state index is 12.5. The van der Waals surface area contributed by atoms with Crippen LogP contribution < -0.4 is 5.73 Å². The van der Waals surface area contributed by atoms with Gasteiger partial charge >= 0.3 is 19.8 Å². The van der Waals surface area contributed by atoms with E-state index < -0.39 is 45.1 Å². The largest absolute Gasteiger partial charge is 0.480 e. The van der Waals surface area contributed by atoms with E-state index in [1.807, 2.05) is 12.2 Å². The van der Waals surface area contributed by atoms with Crippen LogP contribution in [0.25, 0.3) is 0 Å². The summed E-state index contributed by atoms with van der Waals surface area (Å²) in [5.74, 6) is -1.86. The molecule has 0 aliphatic heterocycles. The molecule has 3 unspecified atom stereocenters. The van der Waals surface area contributed by atoms with Crippen LogP contribution in [0.15, 0.2) is 48.6 Å². The zero-order chi connectivity index (χ0) is 37.7. The minimum absolute atomic E-state index is 0.0108. The predicted molar refractivity (Wildman–Crippen MR) is 208 cm³/mol. The second-order valence-corrected chi connectivity index (χ2v) is 14.5. The number of unbranched alkanes of at least 4 members (excludes halogenated alkanes) is 15. The standard InChI is InChI=1S/C40H72NO9P/c1-3-5-7-9-11-13-15-17-18-19-21-23-25-27-29-31-33-47-34-37(35-48-51(45,46)49-36-38(41)40(43)44)50-39(42)32-30-28-26-24-22-20-16-14-12-10-8-6-4-2/h6,8,12,14,20,22,26,28,37-38H,3-5,7,9-11,13,15-19,21,23-25,27,29-36,41H2,1-2H3,(H,43,44)(H,45,46)/b8-6-,14-12-,22-20-,28-26-. The van der Waals surface area contributed by atoms with Gasteiger partial charge in [0.1, 0.15) is 12.1 Å². The first-order valence-electron chi connectivity index (χ1n) is 19.7. The molecule has 0 aromatic rings. The summed E-state index contributed by atoms with van der Waals surface area (Å²) in [6.07, 6.45) is 40.4. The van der Waals surface area contributed by atoms with Gasteiger partial charge in [0.15, 0.2) is 0 Å². The zero-order valence-electron chi connectivity index (χ0n) is 31.9. The second kappa shape index (κ2) is 36.3. The van der Waals surface area contributed by atoms with Gasteiger partial charge in [-0.3, -0.25) is 18.6 Å². The molecular formula is C40H72NO9P. The first-order valence-corrected chi connectivity index (χ1v) is 21.2. The van der Waals surface area contributed by atoms with Gasteiger partial charge < -0.3 is 25.2 Å². The Morgan fingerprint density at radius 3 is 1.59 bits per heavy atom. The van der Waals surface area contributed by atoms with E-state index >= 15 is 0 Å². The van der Waals surface area contributed by atoms with Crippen molar-refractivity contribution in [2.45, 2.75) is 167 Å². The molecule has 0 aliphatic carbocycles. The lowest BCUT2D eigenvalue weighted by Crippen LogP contribution is -2.34. The number of carboxylic acid groups (broad SMARTS) is 1. The van der Waals surface area contributed by atoms with E-state index in [1.54, 1.807) is 0 Å². The number of nitrogens with two attached hydrogens (primary N) is 1. The average molecular weight is 742 g/mol. The van der Waals surface area contributed by atoms with E-state index in [1.165, 1.54) is 83.5 Å². The fraction of sp³-hybridized carbons (Fsp3) is 0.750. The summed E-state index contributed by atoms with van der Waals surface area (Å²) in [5.41, 5.74) is 5.33. The summed E-state index contributed by atoms with van der Waals surface area (Å²) in [5, 5.41) is 8.87. The quantitative estimate of drug-likeness (QED) is 0.0242. The molecule has 0 saturated carbocycles. The molecule has 0 saturated heterocycles. The van der Waals surface area contributed by atoms with Gasteiger partial charge in [-0.2, -0.15) is 0 Å². The number of allylic oxidation sites excluding steroid dienone is 8. The van der Waals surface area contributed by atoms with Crippen molar-refractivity contribution in [2.75, 3.05) is 26.4 Å². The van der Waals surface area contributed by atoms with Crippen LogP contribution in [0, 0.1) is 0 Å². The van der Waals surface area contributed by atoms with Gasteiger partial charge in [-0.15, -0.1) is 0 Å². The van der Waals surface area contributed by atoms with Gasteiger partial charge in [0, 0.05) is 13.0 Å². The molecule has 51 heavy (non-hydrogen) atoms. The zero-order valence-corrected chi connectivity index (χ0v) is 32.8. The van der Waals surface area contributed by atoms with Crippen molar-refractivity contribution >= 4 is 19.8 Å². The van der Waals surface area contributed by atoms with E-state index in [2.05, 4.69) is 54.8 Å². The Bertz CT molecular complexity index is 998. The summed E-state index contributed by atoms with van der Waals surface area (Å²) in [6.45, 7) is 3.67. The molecule has 4 N–H and O–H groups in total. The summed E-state index contributed by atoms with van der Waals surface area (Å²) < 4.78 is 33.1. The normalized spacial score (nSPS) is 14.6. The van der Waals surface area contributed by atoms with E-state index in [0.717, 1.165) is 44.9 Å². The van der Waals surface area contributed by atoms with Crippen molar-refractivity contribution in [2.24, 2.45) is 5.73 Å². The molecule has 0 aromatic heterocycles. The number of hydrogen-bond acceptors (Lipinski definition) is 8. The highest BCUT2D eigenvalue weighted by Crippen LogP contribution is 2.43. The molecule has 11 heteroatoms.